The summed E-state index contributed by atoms with van der Waals surface area (Å²) in [7, 11) is 0. The monoisotopic (exact) mass is 487 g/mol. The molecular weight excluding hydrogens is 464 g/mol. The van der Waals surface area contributed by atoms with Crippen molar-refractivity contribution in [2.24, 2.45) is 5.41 Å². The van der Waals surface area contributed by atoms with E-state index in [-0.39, 0.29) is 30.8 Å². The highest BCUT2D eigenvalue weighted by Gasteiger charge is 2.44. The molecule has 0 saturated carbocycles. The summed E-state index contributed by atoms with van der Waals surface area (Å²) < 4.78 is 77.3. The minimum absolute atomic E-state index is 0.117. The fourth-order valence-electron chi connectivity index (χ4n) is 3.82. The van der Waals surface area contributed by atoms with Gasteiger partial charge in [0, 0.05) is 13.0 Å². The van der Waals surface area contributed by atoms with Crippen LogP contribution in [-0.2, 0) is 23.6 Å². The average molecular weight is 487 g/mol. The van der Waals surface area contributed by atoms with Crippen molar-refractivity contribution in [2.75, 3.05) is 18.0 Å². The Hall–Kier alpha value is -3.11. The molecule has 3 rings (SSSR count). The van der Waals surface area contributed by atoms with E-state index in [1.54, 1.807) is 0 Å². The normalized spacial score (nSPS) is 17.4. The van der Waals surface area contributed by atoms with E-state index >= 15 is 0 Å². The topological polar surface area (TPSA) is 53.5 Å². The van der Waals surface area contributed by atoms with Crippen molar-refractivity contribution in [1.82, 2.24) is 9.88 Å². The summed E-state index contributed by atoms with van der Waals surface area (Å²) in [6, 6.07) is 5.28. The number of Topliss-reactive ketones (excluding diaryl/α,β-unsaturated/α-hetero) is 1. The van der Waals surface area contributed by atoms with E-state index in [4.69, 9.17) is 0 Å². The number of amides is 2. The van der Waals surface area contributed by atoms with Crippen LogP contribution in [0.4, 0.5) is 36.8 Å². The lowest BCUT2D eigenvalue weighted by Gasteiger charge is -2.33. The fourth-order valence-corrected chi connectivity index (χ4v) is 3.82. The Morgan fingerprint density at radius 3 is 2.24 bits per heavy atom. The molecule has 0 unspecified atom stereocenters. The zero-order valence-electron chi connectivity index (χ0n) is 18.7. The van der Waals surface area contributed by atoms with Crippen molar-refractivity contribution in [3.63, 3.8) is 0 Å². The third-order valence-corrected chi connectivity index (χ3v) is 5.56. The highest BCUT2D eigenvalue weighted by molar-refractivity contribution is 5.97. The van der Waals surface area contributed by atoms with Crippen LogP contribution in [0.5, 0.6) is 0 Å². The predicted octanol–water partition coefficient (Wildman–Crippen LogP) is 5.59. The van der Waals surface area contributed by atoms with Crippen LogP contribution < -0.4 is 4.90 Å². The zero-order chi connectivity index (χ0) is 25.5. The van der Waals surface area contributed by atoms with Gasteiger partial charge in [-0.3, -0.25) is 9.69 Å². The van der Waals surface area contributed by atoms with Gasteiger partial charge in [0.2, 0.25) is 0 Å². The van der Waals surface area contributed by atoms with Crippen molar-refractivity contribution in [2.45, 2.75) is 45.6 Å². The average Bonchev–Trinajstić information content (AvgIpc) is 3.03. The van der Waals surface area contributed by atoms with Gasteiger partial charge in [-0.15, -0.1) is 0 Å². The molecule has 1 aromatic heterocycles. The molecule has 5 nitrogen and oxygen atoms in total. The Kier molecular flexibility index (Phi) is 6.69. The maximum absolute atomic E-state index is 13.1. The van der Waals surface area contributed by atoms with Crippen LogP contribution >= 0.6 is 0 Å². The first kappa shape index (κ1) is 25.5. The number of nitrogens with zero attached hydrogens (tertiary/aromatic N) is 3. The Morgan fingerprint density at radius 1 is 1.03 bits per heavy atom. The van der Waals surface area contributed by atoms with Gasteiger partial charge in [-0.25, -0.2) is 9.78 Å². The summed E-state index contributed by atoms with van der Waals surface area (Å²) >= 11 is 0. The van der Waals surface area contributed by atoms with Crippen LogP contribution in [0, 0.1) is 5.41 Å². The van der Waals surface area contributed by atoms with Crippen molar-refractivity contribution in [3.05, 3.63) is 59.4 Å². The van der Waals surface area contributed by atoms with Gasteiger partial charge in [-0.1, -0.05) is 39.0 Å². The number of aromatic nitrogens is 1. The van der Waals surface area contributed by atoms with Gasteiger partial charge in [-0.05, 0) is 29.2 Å². The Balaban J connectivity index is 1.79. The van der Waals surface area contributed by atoms with Crippen molar-refractivity contribution in [3.8, 4) is 0 Å². The number of pyridine rings is 1. The van der Waals surface area contributed by atoms with Crippen LogP contribution in [0.15, 0.2) is 42.6 Å². The number of hydrogen-bond donors (Lipinski definition) is 0. The summed E-state index contributed by atoms with van der Waals surface area (Å²) in [6.45, 7) is 5.32. The number of carbonyl (C=O) groups excluding carboxylic acids is 2. The maximum Gasteiger partial charge on any atom is 0.433 e. The molecule has 1 aliphatic heterocycles. The molecule has 0 aliphatic carbocycles. The molecule has 2 amide bonds. The molecule has 184 valence electrons. The van der Waals surface area contributed by atoms with E-state index in [2.05, 4.69) is 4.98 Å². The summed E-state index contributed by atoms with van der Waals surface area (Å²) in [6.07, 6.45) is -8.51. The molecule has 2 aromatic rings. The van der Waals surface area contributed by atoms with Crippen LogP contribution in [0.2, 0.25) is 0 Å². The number of halogens is 6. The molecular formula is C23H23F6N3O2. The van der Waals surface area contributed by atoms with Gasteiger partial charge in [0.25, 0.3) is 0 Å². The fraction of sp³-hybridized carbons (Fsp3) is 0.435. The zero-order valence-corrected chi connectivity index (χ0v) is 18.7. The van der Waals surface area contributed by atoms with Gasteiger partial charge in [0.15, 0.2) is 5.78 Å². The maximum atomic E-state index is 13.1. The first-order chi connectivity index (χ1) is 15.6. The van der Waals surface area contributed by atoms with E-state index in [0.717, 1.165) is 30.5 Å². The van der Waals surface area contributed by atoms with E-state index in [1.807, 2.05) is 20.8 Å². The predicted molar refractivity (Wildman–Crippen MR) is 112 cm³/mol. The highest BCUT2D eigenvalue weighted by Crippen LogP contribution is 2.35. The highest BCUT2D eigenvalue weighted by atomic mass is 19.4. The second kappa shape index (κ2) is 8.92. The number of urea groups is 1. The third-order valence-electron chi connectivity index (χ3n) is 5.56. The van der Waals surface area contributed by atoms with Gasteiger partial charge in [0.1, 0.15) is 5.69 Å². The number of rotatable bonds is 5. The number of hydrogen-bond acceptors (Lipinski definition) is 3. The van der Waals surface area contributed by atoms with Crippen molar-refractivity contribution in [1.29, 1.82) is 0 Å². The largest absolute Gasteiger partial charge is 0.433 e. The molecule has 34 heavy (non-hydrogen) atoms. The first-order valence-corrected chi connectivity index (χ1v) is 10.4. The Bertz CT molecular complexity index is 1060. The van der Waals surface area contributed by atoms with E-state index < -0.39 is 46.9 Å². The number of benzene rings is 1. The van der Waals surface area contributed by atoms with Crippen LogP contribution in [-0.4, -0.2) is 40.8 Å². The van der Waals surface area contributed by atoms with E-state index in [0.29, 0.717) is 0 Å². The molecule has 0 radical (unpaired) electrons. The van der Waals surface area contributed by atoms with Gasteiger partial charge in [0.05, 0.1) is 30.0 Å². The smallest absolute Gasteiger partial charge is 0.312 e. The van der Waals surface area contributed by atoms with Gasteiger partial charge < -0.3 is 4.90 Å². The quantitative estimate of drug-likeness (QED) is 0.517. The van der Waals surface area contributed by atoms with E-state index in [1.165, 1.54) is 21.9 Å². The molecule has 11 heteroatoms. The third kappa shape index (κ3) is 5.68. The minimum atomic E-state index is -4.62. The number of anilines is 1. The second-order valence-electron chi connectivity index (χ2n) is 9.22. The molecule has 1 fully saturated rings. The summed E-state index contributed by atoms with van der Waals surface area (Å²) in [5.74, 6) is -0.464. The number of carbonyl (C=O) groups is 2. The van der Waals surface area contributed by atoms with Crippen LogP contribution in [0.1, 0.15) is 37.6 Å². The number of ketones is 1. The summed E-state index contributed by atoms with van der Waals surface area (Å²) in [5.41, 5.74) is -2.13. The Labute approximate surface area is 192 Å². The Morgan fingerprint density at radius 2 is 1.71 bits per heavy atom. The van der Waals surface area contributed by atoms with Crippen molar-refractivity contribution >= 4 is 17.5 Å². The number of alkyl halides is 6. The summed E-state index contributed by atoms with van der Waals surface area (Å²) in [5, 5.41) is 0. The SMILES string of the molecule is CC(C)(C)[C@H]1CN(c2ccc(C(F)(F)F)nc2)C(=O)N1CC(=O)Cc1cccc(C(F)(F)F)c1. The molecule has 2 heterocycles. The van der Waals surface area contributed by atoms with Crippen LogP contribution in [0.25, 0.3) is 0 Å². The van der Waals surface area contributed by atoms with E-state index in [9.17, 15) is 35.9 Å². The van der Waals surface area contributed by atoms with Crippen molar-refractivity contribution < 1.29 is 35.9 Å². The molecule has 1 saturated heterocycles. The lowest BCUT2D eigenvalue weighted by molar-refractivity contribution is -0.141. The molecule has 0 spiro atoms. The first-order valence-electron chi connectivity index (χ1n) is 10.4. The van der Waals surface area contributed by atoms with Gasteiger partial charge in [-0.2, -0.15) is 26.3 Å². The summed E-state index contributed by atoms with van der Waals surface area (Å²) in [4.78, 5) is 31.8. The lowest BCUT2D eigenvalue weighted by atomic mass is 9.86. The van der Waals surface area contributed by atoms with Gasteiger partial charge >= 0.3 is 18.4 Å². The molecule has 0 N–H and O–H groups in total. The van der Waals surface area contributed by atoms with Crippen LogP contribution in [0.3, 0.4) is 0 Å². The molecule has 1 atom stereocenters. The minimum Gasteiger partial charge on any atom is -0.312 e. The molecule has 1 aliphatic rings. The standard InChI is InChI=1S/C23H23F6N3O2/c1-21(2,3)19-13-31(16-7-8-18(30-11-16)23(27,28)29)20(34)32(19)12-17(33)10-14-5-4-6-15(9-14)22(24,25)26/h4-9,11,19H,10,12-13H2,1-3H3/t19-/m1/s1. The molecule has 0 bridgehead atoms. The lowest BCUT2D eigenvalue weighted by Crippen LogP contribution is -2.45. The molecule has 1 aromatic carbocycles. The second-order valence-corrected chi connectivity index (χ2v) is 9.22.